The van der Waals surface area contributed by atoms with Gasteiger partial charge in [-0.1, -0.05) is 19.1 Å². The van der Waals surface area contributed by atoms with Crippen LogP contribution in [0.2, 0.25) is 0 Å². The molecule has 100 valence electrons. The van der Waals surface area contributed by atoms with E-state index in [4.69, 9.17) is 18.0 Å². The van der Waals surface area contributed by atoms with Crippen molar-refractivity contribution >= 4 is 28.6 Å². The fraction of sp³-hybridized carbons (Fsp3) is 0.333. The van der Waals surface area contributed by atoms with Gasteiger partial charge >= 0.3 is 0 Å². The standard InChI is InChI=1S/C12H15N5OS/c1-8(11(13)19)7-16(2)12(18)9-5-15-17-4-3-14-6-10(9)17/h3-6,8H,7H2,1-2H3,(H2,13,19). The molecule has 2 aromatic rings. The van der Waals surface area contributed by atoms with Crippen LogP contribution >= 0.6 is 12.2 Å². The SMILES string of the molecule is CC(CN(C)C(=O)c1cnn2ccncc12)C(N)=S. The number of nitrogens with two attached hydrogens (primary N) is 1. The minimum absolute atomic E-state index is 0.0242. The summed E-state index contributed by atoms with van der Waals surface area (Å²) in [4.78, 5) is 18.3. The normalized spacial score (nSPS) is 12.3. The van der Waals surface area contributed by atoms with Gasteiger partial charge in [-0.25, -0.2) is 4.52 Å². The molecular formula is C12H15N5OS. The zero-order valence-corrected chi connectivity index (χ0v) is 11.6. The monoisotopic (exact) mass is 277 g/mol. The summed E-state index contributed by atoms with van der Waals surface area (Å²) < 4.78 is 1.62. The molecule has 0 aliphatic carbocycles. The van der Waals surface area contributed by atoms with Crippen LogP contribution in [0, 0.1) is 5.92 Å². The van der Waals surface area contributed by atoms with Gasteiger partial charge in [0.2, 0.25) is 0 Å². The van der Waals surface area contributed by atoms with Crippen molar-refractivity contribution in [2.75, 3.05) is 13.6 Å². The highest BCUT2D eigenvalue weighted by Gasteiger charge is 2.19. The van der Waals surface area contributed by atoms with E-state index in [0.717, 1.165) is 0 Å². The van der Waals surface area contributed by atoms with Crippen molar-refractivity contribution < 1.29 is 4.79 Å². The summed E-state index contributed by atoms with van der Waals surface area (Å²) in [5.41, 5.74) is 6.76. The lowest BCUT2D eigenvalue weighted by atomic mass is 10.1. The van der Waals surface area contributed by atoms with Crippen molar-refractivity contribution in [3.05, 3.63) is 30.4 Å². The molecule has 0 bridgehead atoms. The average molecular weight is 277 g/mol. The molecule has 1 amide bonds. The molecule has 0 aliphatic heterocycles. The molecule has 1 atom stereocenters. The first-order valence-corrected chi connectivity index (χ1v) is 6.23. The number of nitrogens with zero attached hydrogens (tertiary/aromatic N) is 4. The first-order chi connectivity index (χ1) is 9.00. The van der Waals surface area contributed by atoms with Gasteiger partial charge in [0.1, 0.15) is 0 Å². The fourth-order valence-electron chi connectivity index (χ4n) is 1.79. The van der Waals surface area contributed by atoms with Gasteiger partial charge in [-0.15, -0.1) is 0 Å². The first-order valence-electron chi connectivity index (χ1n) is 5.83. The van der Waals surface area contributed by atoms with E-state index in [1.54, 1.807) is 41.3 Å². The quantitative estimate of drug-likeness (QED) is 0.833. The topological polar surface area (TPSA) is 76.5 Å². The zero-order chi connectivity index (χ0) is 14.0. The van der Waals surface area contributed by atoms with Crippen LogP contribution in [0.3, 0.4) is 0 Å². The van der Waals surface area contributed by atoms with Crippen molar-refractivity contribution in [1.29, 1.82) is 0 Å². The fourth-order valence-corrected chi connectivity index (χ4v) is 1.86. The van der Waals surface area contributed by atoms with Crippen molar-refractivity contribution in [2.24, 2.45) is 11.7 Å². The Balaban J connectivity index is 2.22. The van der Waals surface area contributed by atoms with Crippen LogP contribution in [0.1, 0.15) is 17.3 Å². The number of hydrogen-bond acceptors (Lipinski definition) is 4. The van der Waals surface area contributed by atoms with Gasteiger partial charge in [0.25, 0.3) is 5.91 Å². The summed E-state index contributed by atoms with van der Waals surface area (Å²) in [5, 5.41) is 4.12. The van der Waals surface area contributed by atoms with Crippen molar-refractivity contribution in [1.82, 2.24) is 19.5 Å². The van der Waals surface area contributed by atoms with Crippen LogP contribution in [0.5, 0.6) is 0 Å². The molecule has 19 heavy (non-hydrogen) atoms. The summed E-state index contributed by atoms with van der Waals surface area (Å²) in [6, 6.07) is 0. The Morgan fingerprint density at radius 1 is 1.58 bits per heavy atom. The van der Waals surface area contributed by atoms with E-state index in [9.17, 15) is 4.79 Å². The predicted octanol–water partition coefficient (Wildman–Crippen LogP) is 0.723. The van der Waals surface area contributed by atoms with E-state index < -0.39 is 0 Å². The number of hydrogen-bond donors (Lipinski definition) is 1. The van der Waals surface area contributed by atoms with Crippen LogP contribution < -0.4 is 5.73 Å². The van der Waals surface area contributed by atoms with Crippen LogP contribution in [0.4, 0.5) is 0 Å². The molecule has 1 unspecified atom stereocenters. The summed E-state index contributed by atoms with van der Waals surface area (Å²) in [7, 11) is 1.72. The highest BCUT2D eigenvalue weighted by molar-refractivity contribution is 7.80. The molecule has 2 N–H and O–H groups in total. The van der Waals surface area contributed by atoms with Crippen LogP contribution in [0.25, 0.3) is 5.52 Å². The number of fused-ring (bicyclic) bond motifs is 1. The average Bonchev–Trinajstić information content (AvgIpc) is 2.81. The third-order valence-electron chi connectivity index (χ3n) is 2.94. The minimum atomic E-state index is -0.119. The third kappa shape index (κ3) is 2.70. The lowest BCUT2D eigenvalue weighted by Crippen LogP contribution is -2.35. The van der Waals surface area contributed by atoms with E-state index in [1.807, 2.05) is 6.92 Å². The number of carbonyl (C=O) groups is 1. The molecule has 0 fully saturated rings. The predicted molar refractivity (Wildman–Crippen MR) is 75.9 cm³/mol. The maximum Gasteiger partial charge on any atom is 0.257 e. The Morgan fingerprint density at radius 3 is 3.00 bits per heavy atom. The number of amides is 1. The summed E-state index contributed by atoms with van der Waals surface area (Å²) in [6.45, 7) is 2.37. The Labute approximate surface area is 116 Å². The van der Waals surface area contributed by atoms with Gasteiger partial charge in [0.15, 0.2) is 0 Å². The summed E-state index contributed by atoms with van der Waals surface area (Å²) in [5.74, 6) is -0.144. The zero-order valence-electron chi connectivity index (χ0n) is 10.8. The molecule has 2 rings (SSSR count). The molecule has 2 aromatic heterocycles. The van der Waals surface area contributed by atoms with E-state index in [0.29, 0.717) is 22.6 Å². The molecule has 0 radical (unpaired) electrons. The van der Waals surface area contributed by atoms with Gasteiger partial charge in [0, 0.05) is 31.9 Å². The van der Waals surface area contributed by atoms with Crippen molar-refractivity contribution in [3.63, 3.8) is 0 Å². The van der Waals surface area contributed by atoms with Gasteiger partial charge in [-0.3, -0.25) is 9.78 Å². The number of rotatable bonds is 4. The molecule has 0 aliphatic rings. The maximum atomic E-state index is 12.3. The molecule has 0 saturated heterocycles. The van der Waals surface area contributed by atoms with Crippen molar-refractivity contribution in [2.45, 2.75) is 6.92 Å². The molecule has 0 saturated carbocycles. The van der Waals surface area contributed by atoms with Crippen molar-refractivity contribution in [3.8, 4) is 0 Å². The van der Waals surface area contributed by atoms with Gasteiger partial charge in [-0.05, 0) is 0 Å². The maximum absolute atomic E-state index is 12.3. The van der Waals surface area contributed by atoms with Gasteiger partial charge in [0.05, 0.1) is 28.5 Å². The molecule has 7 heteroatoms. The minimum Gasteiger partial charge on any atom is -0.393 e. The smallest absolute Gasteiger partial charge is 0.257 e. The highest BCUT2D eigenvalue weighted by atomic mass is 32.1. The second-order valence-electron chi connectivity index (χ2n) is 4.45. The second kappa shape index (κ2) is 5.31. The largest absolute Gasteiger partial charge is 0.393 e. The molecule has 6 nitrogen and oxygen atoms in total. The molecule has 0 spiro atoms. The van der Waals surface area contributed by atoms with E-state index in [-0.39, 0.29) is 11.8 Å². The van der Waals surface area contributed by atoms with E-state index in [2.05, 4.69) is 10.1 Å². The van der Waals surface area contributed by atoms with Gasteiger partial charge in [-0.2, -0.15) is 5.10 Å². The number of aromatic nitrogens is 3. The number of thiocarbonyl (C=S) groups is 1. The lowest BCUT2D eigenvalue weighted by Gasteiger charge is -2.20. The summed E-state index contributed by atoms with van der Waals surface area (Å²) >= 11 is 4.91. The first kappa shape index (κ1) is 13.4. The Bertz CT molecular complexity index is 623. The van der Waals surface area contributed by atoms with E-state index >= 15 is 0 Å². The van der Waals surface area contributed by atoms with E-state index in [1.165, 1.54) is 0 Å². The van der Waals surface area contributed by atoms with Crippen LogP contribution in [0.15, 0.2) is 24.8 Å². The highest BCUT2D eigenvalue weighted by Crippen LogP contribution is 2.12. The lowest BCUT2D eigenvalue weighted by molar-refractivity contribution is 0.0789. The Morgan fingerprint density at radius 2 is 2.32 bits per heavy atom. The van der Waals surface area contributed by atoms with Crippen LogP contribution in [-0.2, 0) is 0 Å². The molecule has 0 aromatic carbocycles. The van der Waals surface area contributed by atoms with Gasteiger partial charge < -0.3 is 10.6 Å². The van der Waals surface area contributed by atoms with Crippen LogP contribution in [-0.4, -0.2) is 44.0 Å². The summed E-state index contributed by atoms with van der Waals surface area (Å²) in [6.07, 6.45) is 6.48. The molecule has 2 heterocycles. The third-order valence-corrected chi connectivity index (χ3v) is 3.34. The number of carbonyl (C=O) groups excluding carboxylic acids is 1. The molecular weight excluding hydrogens is 262 g/mol. The Kier molecular flexibility index (Phi) is 3.75. The second-order valence-corrected chi connectivity index (χ2v) is 4.92. The Hall–Kier alpha value is -2.02.